The molecule has 3 nitrogen and oxygen atoms in total. The number of aliphatic hydroxyl groups is 1. The fourth-order valence-electron chi connectivity index (χ4n) is 1.81. The lowest BCUT2D eigenvalue weighted by Crippen LogP contribution is -2.19. The van der Waals surface area contributed by atoms with E-state index in [4.69, 9.17) is 9.84 Å². The molecule has 15 heavy (non-hydrogen) atoms. The number of rotatable bonds is 3. The van der Waals surface area contributed by atoms with Crippen molar-refractivity contribution in [2.75, 3.05) is 6.61 Å². The number of ketones is 1. The molecule has 1 aromatic rings. The van der Waals surface area contributed by atoms with Crippen molar-refractivity contribution >= 4 is 5.78 Å². The molecule has 0 saturated carbocycles. The molecule has 2 atom stereocenters. The summed E-state index contributed by atoms with van der Waals surface area (Å²) in [6, 6.07) is 9.78. The molecule has 80 valence electrons. The highest BCUT2D eigenvalue weighted by atomic mass is 16.5. The molecule has 0 amide bonds. The van der Waals surface area contributed by atoms with Gasteiger partial charge in [-0.1, -0.05) is 30.3 Å². The minimum atomic E-state index is -0.371. The van der Waals surface area contributed by atoms with Gasteiger partial charge in [0, 0.05) is 12.8 Å². The third kappa shape index (κ3) is 2.43. The summed E-state index contributed by atoms with van der Waals surface area (Å²) in [5.74, 6) is 0.0953. The smallest absolute Gasteiger partial charge is 0.164 e. The first kappa shape index (κ1) is 10.3. The van der Waals surface area contributed by atoms with Gasteiger partial charge in [-0.3, -0.25) is 4.79 Å². The molecule has 1 unspecified atom stereocenters. The minimum absolute atomic E-state index is 0.0724. The molecule has 1 heterocycles. The van der Waals surface area contributed by atoms with Crippen LogP contribution < -0.4 is 0 Å². The second kappa shape index (κ2) is 4.55. The third-order valence-corrected chi connectivity index (χ3v) is 2.61. The molecule has 1 N–H and O–H groups in total. The number of benzene rings is 1. The number of hydrogen-bond donors (Lipinski definition) is 1. The Morgan fingerprint density at radius 3 is 2.67 bits per heavy atom. The number of carbonyl (C=O) groups excluding carboxylic acids is 1. The van der Waals surface area contributed by atoms with Gasteiger partial charge >= 0.3 is 0 Å². The molecule has 0 aromatic heterocycles. The number of carbonyl (C=O) groups is 1. The van der Waals surface area contributed by atoms with E-state index in [0.717, 1.165) is 5.56 Å². The second-order valence-electron chi connectivity index (χ2n) is 3.79. The van der Waals surface area contributed by atoms with Crippen molar-refractivity contribution in [2.24, 2.45) is 0 Å². The molecule has 1 aliphatic heterocycles. The van der Waals surface area contributed by atoms with Gasteiger partial charge in [0.05, 0.1) is 12.7 Å². The van der Waals surface area contributed by atoms with E-state index in [2.05, 4.69) is 0 Å². The highest BCUT2D eigenvalue weighted by Gasteiger charge is 2.32. The van der Waals surface area contributed by atoms with Gasteiger partial charge in [0.25, 0.3) is 0 Å². The van der Waals surface area contributed by atoms with Gasteiger partial charge in [0.2, 0.25) is 0 Å². The predicted molar refractivity (Wildman–Crippen MR) is 55.5 cm³/mol. The van der Waals surface area contributed by atoms with Crippen molar-refractivity contribution in [1.29, 1.82) is 0 Å². The van der Waals surface area contributed by atoms with Crippen molar-refractivity contribution < 1.29 is 14.6 Å². The van der Waals surface area contributed by atoms with Gasteiger partial charge in [-0.05, 0) is 5.56 Å². The molecular formula is C12H14O3. The SMILES string of the molecule is O=C1C[C@@H](CO)OC1Cc1ccccc1. The maximum Gasteiger partial charge on any atom is 0.164 e. The lowest BCUT2D eigenvalue weighted by atomic mass is 10.0. The van der Waals surface area contributed by atoms with Gasteiger partial charge in [-0.25, -0.2) is 0 Å². The van der Waals surface area contributed by atoms with Crippen LogP contribution in [0.2, 0.25) is 0 Å². The largest absolute Gasteiger partial charge is 0.394 e. The van der Waals surface area contributed by atoms with Gasteiger partial charge in [0.15, 0.2) is 5.78 Å². The minimum Gasteiger partial charge on any atom is -0.394 e. The Balaban J connectivity index is 1.99. The molecule has 0 bridgehead atoms. The maximum absolute atomic E-state index is 11.5. The number of aliphatic hydroxyl groups excluding tert-OH is 1. The topological polar surface area (TPSA) is 46.5 Å². The molecule has 1 aromatic carbocycles. The van der Waals surface area contributed by atoms with Gasteiger partial charge in [0.1, 0.15) is 6.10 Å². The van der Waals surface area contributed by atoms with Crippen LogP contribution in [0.25, 0.3) is 0 Å². The van der Waals surface area contributed by atoms with Crippen molar-refractivity contribution in [3.05, 3.63) is 35.9 Å². The first-order valence-corrected chi connectivity index (χ1v) is 5.12. The summed E-state index contributed by atoms with van der Waals surface area (Å²) in [5.41, 5.74) is 1.09. The first-order chi connectivity index (χ1) is 7.29. The lowest BCUT2D eigenvalue weighted by Gasteiger charge is -2.10. The van der Waals surface area contributed by atoms with Gasteiger partial charge in [-0.15, -0.1) is 0 Å². The van der Waals surface area contributed by atoms with Crippen LogP contribution in [0.3, 0.4) is 0 Å². The maximum atomic E-state index is 11.5. The highest BCUT2D eigenvalue weighted by Crippen LogP contribution is 2.19. The zero-order valence-corrected chi connectivity index (χ0v) is 8.43. The van der Waals surface area contributed by atoms with E-state index in [0.29, 0.717) is 12.8 Å². The van der Waals surface area contributed by atoms with E-state index in [1.54, 1.807) is 0 Å². The number of Topliss-reactive ketones (excluding diaryl/α,β-unsaturated/α-hetero) is 1. The summed E-state index contributed by atoms with van der Waals surface area (Å²) in [6.07, 6.45) is 0.278. The summed E-state index contributed by atoms with van der Waals surface area (Å²) in [5, 5.41) is 8.89. The summed E-state index contributed by atoms with van der Waals surface area (Å²) in [6.45, 7) is -0.0724. The van der Waals surface area contributed by atoms with Crippen molar-refractivity contribution in [3.63, 3.8) is 0 Å². The van der Waals surface area contributed by atoms with E-state index >= 15 is 0 Å². The molecule has 0 radical (unpaired) electrons. The van der Waals surface area contributed by atoms with Crippen LogP contribution >= 0.6 is 0 Å². The van der Waals surface area contributed by atoms with Crippen molar-refractivity contribution in [2.45, 2.75) is 25.0 Å². The Labute approximate surface area is 88.7 Å². The zero-order chi connectivity index (χ0) is 10.7. The fourth-order valence-corrected chi connectivity index (χ4v) is 1.81. The lowest BCUT2D eigenvalue weighted by molar-refractivity contribution is -0.122. The monoisotopic (exact) mass is 206 g/mol. The summed E-state index contributed by atoms with van der Waals surface area (Å²) >= 11 is 0. The average molecular weight is 206 g/mol. The van der Waals surface area contributed by atoms with Crippen LogP contribution in [0.5, 0.6) is 0 Å². The first-order valence-electron chi connectivity index (χ1n) is 5.12. The van der Waals surface area contributed by atoms with Crippen LogP contribution in [-0.4, -0.2) is 29.7 Å². The van der Waals surface area contributed by atoms with Gasteiger partial charge < -0.3 is 9.84 Å². The summed E-state index contributed by atoms with van der Waals surface area (Å²) < 4.78 is 5.43. The van der Waals surface area contributed by atoms with Gasteiger partial charge in [-0.2, -0.15) is 0 Å². The number of hydrogen-bond acceptors (Lipinski definition) is 3. The second-order valence-corrected chi connectivity index (χ2v) is 3.79. The predicted octanol–water partition coefficient (Wildman–Crippen LogP) is 0.948. The summed E-state index contributed by atoms with van der Waals surface area (Å²) in [7, 11) is 0. The Hall–Kier alpha value is -1.19. The van der Waals surface area contributed by atoms with E-state index in [1.807, 2.05) is 30.3 Å². The van der Waals surface area contributed by atoms with Crippen LogP contribution in [0.1, 0.15) is 12.0 Å². The third-order valence-electron chi connectivity index (χ3n) is 2.61. The Bertz CT molecular complexity index is 334. The zero-order valence-electron chi connectivity index (χ0n) is 8.43. The van der Waals surface area contributed by atoms with Crippen LogP contribution in [0, 0.1) is 0 Å². The van der Waals surface area contributed by atoms with Crippen molar-refractivity contribution in [3.8, 4) is 0 Å². The normalized spacial score (nSPS) is 25.8. The average Bonchev–Trinajstić information content (AvgIpc) is 2.61. The van der Waals surface area contributed by atoms with Crippen LogP contribution in [0.15, 0.2) is 30.3 Å². The Kier molecular flexibility index (Phi) is 3.14. The van der Waals surface area contributed by atoms with Crippen LogP contribution in [-0.2, 0) is 16.0 Å². The molecule has 3 heteroatoms. The number of ether oxygens (including phenoxy) is 1. The molecule has 2 rings (SSSR count). The molecule has 1 aliphatic rings. The highest BCUT2D eigenvalue weighted by molar-refractivity contribution is 5.85. The Morgan fingerprint density at radius 2 is 2.07 bits per heavy atom. The van der Waals surface area contributed by atoms with Crippen LogP contribution in [0.4, 0.5) is 0 Å². The molecule has 0 spiro atoms. The summed E-state index contributed by atoms with van der Waals surface area (Å²) in [4.78, 5) is 11.5. The molecule has 1 fully saturated rings. The van der Waals surface area contributed by atoms with E-state index in [-0.39, 0.29) is 24.6 Å². The fraction of sp³-hybridized carbons (Fsp3) is 0.417. The van der Waals surface area contributed by atoms with E-state index in [9.17, 15) is 4.79 Å². The van der Waals surface area contributed by atoms with E-state index in [1.165, 1.54) is 0 Å². The quantitative estimate of drug-likeness (QED) is 0.800. The van der Waals surface area contributed by atoms with Crippen molar-refractivity contribution in [1.82, 2.24) is 0 Å². The standard InChI is InChI=1S/C12H14O3/c13-8-10-7-11(14)12(15-10)6-9-4-2-1-3-5-9/h1-5,10,12-13H,6-8H2/t10-,12?/m0/s1. The molecule has 1 saturated heterocycles. The molecular weight excluding hydrogens is 192 g/mol. The Morgan fingerprint density at radius 1 is 1.33 bits per heavy atom. The molecule has 0 aliphatic carbocycles. The van der Waals surface area contributed by atoms with E-state index < -0.39 is 0 Å².